The minimum absolute atomic E-state index is 0.110. The fourth-order valence-corrected chi connectivity index (χ4v) is 2.27. The Morgan fingerprint density at radius 3 is 2.52 bits per heavy atom. The van der Waals surface area contributed by atoms with Gasteiger partial charge >= 0.3 is 0 Å². The molecule has 0 amide bonds. The van der Waals surface area contributed by atoms with Gasteiger partial charge in [0, 0.05) is 18.2 Å². The maximum Gasteiger partial charge on any atom is 0.138 e. The maximum absolute atomic E-state index is 12.9. The lowest BCUT2D eigenvalue weighted by Gasteiger charge is -2.18. The molecule has 0 saturated heterocycles. The first-order valence-corrected chi connectivity index (χ1v) is 7.06. The Labute approximate surface area is 124 Å². The number of nitrogens with one attached hydrogen (secondary N) is 1. The van der Waals surface area contributed by atoms with Gasteiger partial charge in [0.1, 0.15) is 11.6 Å². The van der Waals surface area contributed by atoms with Gasteiger partial charge in [-0.1, -0.05) is 17.3 Å². The minimum atomic E-state index is -0.613. The van der Waals surface area contributed by atoms with Crippen molar-refractivity contribution in [2.45, 2.75) is 45.9 Å². The number of halogens is 1. The average Bonchev–Trinajstić information content (AvgIpc) is 2.76. The SMILES string of the molecule is Cc1noc(C)c1CN[C@H](C)C[C@H](O)c1ccc(F)cc1. The number of aliphatic hydroxyl groups is 1. The monoisotopic (exact) mass is 292 g/mol. The molecule has 2 atom stereocenters. The zero-order valence-electron chi connectivity index (χ0n) is 12.6. The van der Waals surface area contributed by atoms with Crippen molar-refractivity contribution in [2.75, 3.05) is 0 Å². The summed E-state index contributed by atoms with van der Waals surface area (Å²) in [7, 11) is 0. The molecule has 1 aromatic carbocycles. The largest absolute Gasteiger partial charge is 0.388 e. The van der Waals surface area contributed by atoms with E-state index in [4.69, 9.17) is 4.52 Å². The predicted octanol–water partition coefficient (Wildman–Crippen LogP) is 3.03. The smallest absolute Gasteiger partial charge is 0.138 e. The average molecular weight is 292 g/mol. The third-order valence-corrected chi connectivity index (χ3v) is 3.64. The van der Waals surface area contributed by atoms with E-state index in [9.17, 15) is 9.50 Å². The first-order valence-electron chi connectivity index (χ1n) is 7.06. The van der Waals surface area contributed by atoms with E-state index in [0.717, 1.165) is 22.6 Å². The van der Waals surface area contributed by atoms with Gasteiger partial charge in [-0.05, 0) is 44.9 Å². The standard InChI is InChI=1S/C16H21FN2O2/c1-10(18-9-15-11(2)19-21-12(15)3)8-16(20)13-4-6-14(17)7-5-13/h4-7,10,16,18,20H,8-9H2,1-3H3/t10-,16+/m1/s1. The predicted molar refractivity (Wildman–Crippen MR) is 78.3 cm³/mol. The number of hydrogen-bond acceptors (Lipinski definition) is 4. The highest BCUT2D eigenvalue weighted by Crippen LogP contribution is 2.19. The summed E-state index contributed by atoms with van der Waals surface area (Å²) >= 11 is 0. The summed E-state index contributed by atoms with van der Waals surface area (Å²) in [4.78, 5) is 0. The van der Waals surface area contributed by atoms with Crippen LogP contribution in [0.5, 0.6) is 0 Å². The van der Waals surface area contributed by atoms with Crippen LogP contribution in [-0.4, -0.2) is 16.3 Å². The molecule has 0 saturated carbocycles. The van der Waals surface area contributed by atoms with Crippen LogP contribution in [0.2, 0.25) is 0 Å². The van der Waals surface area contributed by atoms with Crippen LogP contribution >= 0.6 is 0 Å². The van der Waals surface area contributed by atoms with E-state index < -0.39 is 6.10 Å². The number of rotatable bonds is 6. The van der Waals surface area contributed by atoms with Gasteiger partial charge in [-0.15, -0.1) is 0 Å². The Kier molecular flexibility index (Phi) is 5.09. The molecule has 2 rings (SSSR count). The number of benzene rings is 1. The van der Waals surface area contributed by atoms with Gasteiger partial charge < -0.3 is 14.9 Å². The third-order valence-electron chi connectivity index (χ3n) is 3.64. The Morgan fingerprint density at radius 1 is 1.29 bits per heavy atom. The van der Waals surface area contributed by atoms with Gasteiger partial charge in [-0.3, -0.25) is 0 Å². The van der Waals surface area contributed by atoms with Crippen molar-refractivity contribution < 1.29 is 14.0 Å². The van der Waals surface area contributed by atoms with E-state index in [1.54, 1.807) is 12.1 Å². The summed E-state index contributed by atoms with van der Waals surface area (Å²) in [5, 5.41) is 17.4. The van der Waals surface area contributed by atoms with Crippen LogP contribution in [0.3, 0.4) is 0 Å². The number of aliphatic hydroxyl groups excluding tert-OH is 1. The second kappa shape index (κ2) is 6.83. The fourth-order valence-electron chi connectivity index (χ4n) is 2.27. The molecule has 2 N–H and O–H groups in total. The summed E-state index contributed by atoms with van der Waals surface area (Å²) < 4.78 is 18.0. The second-order valence-corrected chi connectivity index (χ2v) is 5.39. The number of hydrogen-bond donors (Lipinski definition) is 2. The van der Waals surface area contributed by atoms with E-state index in [1.165, 1.54) is 12.1 Å². The highest BCUT2D eigenvalue weighted by atomic mass is 19.1. The van der Waals surface area contributed by atoms with E-state index in [2.05, 4.69) is 10.5 Å². The molecule has 114 valence electrons. The quantitative estimate of drug-likeness (QED) is 0.859. The van der Waals surface area contributed by atoms with Crippen LogP contribution in [0.25, 0.3) is 0 Å². The first kappa shape index (κ1) is 15.7. The third kappa shape index (κ3) is 4.12. The molecule has 0 radical (unpaired) electrons. The van der Waals surface area contributed by atoms with E-state index in [0.29, 0.717) is 13.0 Å². The molecule has 0 unspecified atom stereocenters. The molecule has 1 heterocycles. The lowest BCUT2D eigenvalue weighted by atomic mass is 10.0. The molecule has 0 aliphatic rings. The summed E-state index contributed by atoms with van der Waals surface area (Å²) in [6.45, 7) is 6.45. The number of aryl methyl sites for hydroxylation is 2. The molecule has 21 heavy (non-hydrogen) atoms. The summed E-state index contributed by atoms with van der Waals surface area (Å²) in [5.74, 6) is 0.516. The van der Waals surface area contributed by atoms with Crippen LogP contribution in [0.15, 0.2) is 28.8 Å². The molecule has 1 aromatic heterocycles. The topological polar surface area (TPSA) is 58.3 Å². The molecule has 4 nitrogen and oxygen atoms in total. The summed E-state index contributed by atoms with van der Waals surface area (Å²) in [6.07, 6.45) is -0.0626. The molecule has 0 bridgehead atoms. The van der Waals surface area contributed by atoms with Crippen molar-refractivity contribution in [3.05, 3.63) is 52.7 Å². The van der Waals surface area contributed by atoms with E-state index in [-0.39, 0.29) is 11.9 Å². The summed E-state index contributed by atoms with van der Waals surface area (Å²) in [6, 6.07) is 6.06. The van der Waals surface area contributed by atoms with Gasteiger partial charge in [-0.2, -0.15) is 0 Å². The van der Waals surface area contributed by atoms with Crippen molar-refractivity contribution in [3.63, 3.8) is 0 Å². The second-order valence-electron chi connectivity index (χ2n) is 5.39. The lowest BCUT2D eigenvalue weighted by molar-refractivity contribution is 0.153. The lowest BCUT2D eigenvalue weighted by Crippen LogP contribution is -2.27. The van der Waals surface area contributed by atoms with Crippen molar-refractivity contribution in [2.24, 2.45) is 0 Å². The highest BCUT2D eigenvalue weighted by molar-refractivity contribution is 5.21. The molecule has 0 spiro atoms. The van der Waals surface area contributed by atoms with Gasteiger partial charge in [0.2, 0.25) is 0 Å². The minimum Gasteiger partial charge on any atom is -0.388 e. The molecular formula is C16H21FN2O2. The Bertz CT molecular complexity index is 561. The van der Waals surface area contributed by atoms with Gasteiger partial charge in [-0.25, -0.2) is 4.39 Å². The molecule has 0 aliphatic carbocycles. The number of nitrogens with zero attached hydrogens (tertiary/aromatic N) is 1. The highest BCUT2D eigenvalue weighted by Gasteiger charge is 2.14. The molecule has 2 aromatic rings. The molecule has 0 aliphatic heterocycles. The zero-order valence-corrected chi connectivity index (χ0v) is 12.6. The van der Waals surface area contributed by atoms with E-state index >= 15 is 0 Å². The maximum atomic E-state index is 12.9. The van der Waals surface area contributed by atoms with Gasteiger partial charge in [0.05, 0.1) is 11.8 Å². The van der Waals surface area contributed by atoms with Crippen molar-refractivity contribution in [1.29, 1.82) is 0 Å². The van der Waals surface area contributed by atoms with Crippen molar-refractivity contribution >= 4 is 0 Å². The molecular weight excluding hydrogens is 271 g/mol. The number of aromatic nitrogens is 1. The van der Waals surface area contributed by atoms with Crippen LogP contribution in [0, 0.1) is 19.7 Å². The summed E-state index contributed by atoms with van der Waals surface area (Å²) in [5.41, 5.74) is 2.66. The van der Waals surface area contributed by atoms with Crippen LogP contribution in [0.4, 0.5) is 4.39 Å². The van der Waals surface area contributed by atoms with Crippen molar-refractivity contribution in [3.8, 4) is 0 Å². The normalized spacial score (nSPS) is 14.1. The molecule has 0 fully saturated rings. The van der Waals surface area contributed by atoms with Crippen molar-refractivity contribution in [1.82, 2.24) is 10.5 Å². The Morgan fingerprint density at radius 2 is 1.95 bits per heavy atom. The van der Waals surface area contributed by atoms with Gasteiger partial charge in [0.25, 0.3) is 0 Å². The zero-order chi connectivity index (χ0) is 15.4. The fraction of sp³-hybridized carbons (Fsp3) is 0.438. The Balaban J connectivity index is 1.87. The van der Waals surface area contributed by atoms with Crippen LogP contribution in [-0.2, 0) is 6.54 Å². The Hall–Kier alpha value is -1.72. The van der Waals surface area contributed by atoms with Crippen LogP contribution < -0.4 is 5.32 Å². The van der Waals surface area contributed by atoms with Crippen LogP contribution in [0.1, 0.15) is 42.0 Å². The first-order chi connectivity index (χ1) is 9.97. The molecule has 5 heteroatoms. The van der Waals surface area contributed by atoms with Gasteiger partial charge in [0.15, 0.2) is 0 Å². The van der Waals surface area contributed by atoms with E-state index in [1.807, 2.05) is 20.8 Å².